The molecule has 0 radical (unpaired) electrons. The lowest BCUT2D eigenvalue weighted by Gasteiger charge is -2.42. The van der Waals surface area contributed by atoms with Crippen LogP contribution in [0.1, 0.15) is 58.3 Å². The lowest BCUT2D eigenvalue weighted by molar-refractivity contribution is -0.141. The molecule has 2 rings (SSSR count). The van der Waals surface area contributed by atoms with Crippen LogP contribution in [0.5, 0.6) is 0 Å². The minimum Gasteiger partial charge on any atom is -0.392 e. The molecule has 0 aromatic rings. The van der Waals surface area contributed by atoms with Gasteiger partial charge in [-0.1, -0.05) is 44.8 Å². The van der Waals surface area contributed by atoms with Crippen molar-refractivity contribution in [2.24, 2.45) is 17.1 Å². The van der Waals surface area contributed by atoms with Gasteiger partial charge in [-0.2, -0.15) is 0 Å². The second-order valence-electron chi connectivity index (χ2n) is 6.17. The van der Waals surface area contributed by atoms with Crippen molar-refractivity contribution in [2.45, 2.75) is 58.3 Å². The molecule has 2 N–H and O–H groups in total. The summed E-state index contributed by atoms with van der Waals surface area (Å²) in [6, 6.07) is 0. The highest BCUT2D eigenvalue weighted by Crippen LogP contribution is 2.39. The maximum atomic E-state index is 12.9. The summed E-state index contributed by atoms with van der Waals surface area (Å²) < 4.78 is 0. The summed E-state index contributed by atoms with van der Waals surface area (Å²) in [6.45, 7) is 4.00. The maximum absolute atomic E-state index is 12.9. The Bertz CT molecular complexity index is 350. The molecule has 2 aliphatic rings. The number of hydrogen-bond acceptors (Lipinski definition) is 2. The predicted molar refractivity (Wildman–Crippen MR) is 81.9 cm³/mol. The van der Waals surface area contributed by atoms with Crippen molar-refractivity contribution in [1.82, 2.24) is 4.90 Å². The summed E-state index contributed by atoms with van der Waals surface area (Å²) in [6.07, 6.45) is 8.60. The molecule has 1 saturated carbocycles. The lowest BCUT2D eigenvalue weighted by atomic mass is 9.72. The summed E-state index contributed by atoms with van der Waals surface area (Å²) >= 11 is 5.26. The van der Waals surface area contributed by atoms with Crippen molar-refractivity contribution in [3.05, 3.63) is 0 Å². The second kappa shape index (κ2) is 6.21. The van der Waals surface area contributed by atoms with Crippen LogP contribution in [0, 0.1) is 11.3 Å². The van der Waals surface area contributed by atoms with Crippen molar-refractivity contribution in [2.75, 3.05) is 13.1 Å². The zero-order valence-electron chi connectivity index (χ0n) is 12.0. The van der Waals surface area contributed by atoms with Crippen LogP contribution < -0.4 is 5.73 Å². The number of carbonyl (C=O) groups is 1. The van der Waals surface area contributed by atoms with Crippen molar-refractivity contribution in [3.63, 3.8) is 0 Å². The molecule has 108 valence electrons. The van der Waals surface area contributed by atoms with E-state index in [4.69, 9.17) is 18.0 Å². The summed E-state index contributed by atoms with van der Waals surface area (Å²) in [4.78, 5) is 15.4. The van der Waals surface area contributed by atoms with Gasteiger partial charge in [0.2, 0.25) is 5.91 Å². The Labute approximate surface area is 121 Å². The normalized spacial score (nSPS) is 27.0. The smallest absolute Gasteiger partial charge is 0.235 e. The third-order valence-electron chi connectivity index (χ3n) is 4.97. The molecule has 0 bridgehead atoms. The van der Waals surface area contributed by atoms with Gasteiger partial charge in [0.15, 0.2) is 0 Å². The highest BCUT2D eigenvalue weighted by atomic mass is 32.1. The largest absolute Gasteiger partial charge is 0.392 e. The molecule has 3 nitrogen and oxygen atoms in total. The molecule has 4 heteroatoms. The lowest BCUT2D eigenvalue weighted by Crippen LogP contribution is -2.53. The van der Waals surface area contributed by atoms with Gasteiger partial charge in [-0.3, -0.25) is 4.79 Å². The summed E-state index contributed by atoms with van der Waals surface area (Å²) in [7, 11) is 0. The highest BCUT2D eigenvalue weighted by Gasteiger charge is 2.45. The van der Waals surface area contributed by atoms with Crippen molar-refractivity contribution in [3.8, 4) is 0 Å². The number of thiocarbonyl (C=S) groups is 1. The second-order valence-corrected chi connectivity index (χ2v) is 6.61. The molecule has 0 aromatic carbocycles. The minimum atomic E-state index is -0.525. The Morgan fingerprint density at radius 1 is 1.32 bits per heavy atom. The number of carbonyl (C=O) groups excluding carboxylic acids is 1. The SMILES string of the molecule is CCC1CCCN(C(=O)C2(C(N)=S)CCCCC2)C1. The number of piperidine rings is 1. The predicted octanol–water partition coefficient (Wildman–Crippen LogP) is 2.87. The van der Waals surface area contributed by atoms with E-state index in [1.165, 1.54) is 12.8 Å². The fourth-order valence-corrected chi connectivity index (χ4v) is 3.90. The number of rotatable bonds is 3. The summed E-state index contributed by atoms with van der Waals surface area (Å²) in [5.41, 5.74) is 5.44. The minimum absolute atomic E-state index is 0.220. The topological polar surface area (TPSA) is 46.3 Å². The van der Waals surface area contributed by atoms with E-state index in [-0.39, 0.29) is 5.91 Å². The Kier molecular flexibility index (Phi) is 4.82. The third kappa shape index (κ3) is 2.93. The standard InChI is InChI=1S/C15H26N2OS/c1-2-12-7-6-10-17(11-12)14(18)15(13(16)19)8-4-3-5-9-15/h12H,2-11H2,1H3,(H2,16,19). The first kappa shape index (κ1) is 14.8. The number of nitrogens with zero attached hydrogens (tertiary/aromatic N) is 1. The van der Waals surface area contributed by atoms with Crippen LogP contribution in [-0.2, 0) is 4.79 Å². The first-order valence-electron chi connectivity index (χ1n) is 7.69. The monoisotopic (exact) mass is 282 g/mol. The first-order chi connectivity index (χ1) is 9.10. The highest BCUT2D eigenvalue weighted by molar-refractivity contribution is 7.80. The van der Waals surface area contributed by atoms with Gasteiger partial charge in [0.05, 0.1) is 10.4 Å². The van der Waals surface area contributed by atoms with Crippen LogP contribution in [0.3, 0.4) is 0 Å². The van der Waals surface area contributed by atoms with E-state index in [0.29, 0.717) is 10.9 Å². The van der Waals surface area contributed by atoms with Crippen molar-refractivity contribution in [1.29, 1.82) is 0 Å². The van der Waals surface area contributed by atoms with Crippen molar-refractivity contribution < 1.29 is 4.79 Å². The van der Waals surface area contributed by atoms with Crippen LogP contribution >= 0.6 is 12.2 Å². The van der Waals surface area contributed by atoms with Gasteiger partial charge in [0.1, 0.15) is 0 Å². The Hall–Kier alpha value is -0.640. The Morgan fingerprint density at radius 2 is 2.00 bits per heavy atom. The number of hydrogen-bond donors (Lipinski definition) is 1. The molecule has 1 atom stereocenters. The fraction of sp³-hybridized carbons (Fsp3) is 0.867. The fourth-order valence-electron chi connectivity index (χ4n) is 3.61. The van der Waals surface area contributed by atoms with Gasteiger partial charge >= 0.3 is 0 Å². The molecule has 0 aromatic heterocycles. The van der Waals surface area contributed by atoms with Gasteiger partial charge in [0.25, 0.3) is 0 Å². The van der Waals surface area contributed by atoms with Gasteiger partial charge in [-0.25, -0.2) is 0 Å². The average Bonchev–Trinajstić information content (AvgIpc) is 2.47. The number of likely N-dealkylation sites (tertiary alicyclic amines) is 1. The van der Waals surface area contributed by atoms with Crippen LogP contribution in [0.15, 0.2) is 0 Å². The van der Waals surface area contributed by atoms with Gasteiger partial charge in [-0.15, -0.1) is 0 Å². The Morgan fingerprint density at radius 3 is 2.58 bits per heavy atom. The van der Waals surface area contributed by atoms with Crippen LogP contribution in [0.2, 0.25) is 0 Å². The first-order valence-corrected chi connectivity index (χ1v) is 8.10. The van der Waals surface area contributed by atoms with E-state index >= 15 is 0 Å². The summed E-state index contributed by atoms with van der Waals surface area (Å²) in [5.74, 6) is 0.877. The molecule has 0 spiro atoms. The molecule has 1 aliphatic heterocycles. The molecular formula is C15H26N2OS. The van der Waals surface area contributed by atoms with Gasteiger partial charge < -0.3 is 10.6 Å². The van der Waals surface area contributed by atoms with Gasteiger partial charge in [-0.05, 0) is 31.6 Å². The molecule has 1 unspecified atom stereocenters. The zero-order chi connectivity index (χ0) is 13.9. The van der Waals surface area contributed by atoms with Crippen LogP contribution in [0.4, 0.5) is 0 Å². The number of amides is 1. The molecule has 19 heavy (non-hydrogen) atoms. The zero-order valence-corrected chi connectivity index (χ0v) is 12.8. The molecular weight excluding hydrogens is 256 g/mol. The van der Waals surface area contributed by atoms with Crippen LogP contribution in [-0.4, -0.2) is 28.9 Å². The molecule has 1 amide bonds. The molecule has 2 fully saturated rings. The molecule has 1 aliphatic carbocycles. The van der Waals surface area contributed by atoms with E-state index in [0.717, 1.165) is 51.6 Å². The third-order valence-corrected chi connectivity index (χ3v) is 5.36. The molecule has 1 saturated heterocycles. The van der Waals surface area contributed by atoms with Crippen LogP contribution in [0.25, 0.3) is 0 Å². The summed E-state index contributed by atoms with van der Waals surface area (Å²) in [5, 5.41) is 0. The van der Waals surface area contributed by atoms with E-state index in [9.17, 15) is 4.79 Å². The van der Waals surface area contributed by atoms with Gasteiger partial charge in [0, 0.05) is 13.1 Å². The maximum Gasteiger partial charge on any atom is 0.235 e. The van der Waals surface area contributed by atoms with Crippen molar-refractivity contribution >= 4 is 23.1 Å². The Balaban J connectivity index is 2.13. The average molecular weight is 282 g/mol. The van der Waals surface area contributed by atoms with E-state index in [2.05, 4.69) is 6.92 Å². The molecule has 1 heterocycles. The quantitative estimate of drug-likeness (QED) is 0.810. The van der Waals surface area contributed by atoms with E-state index in [1.807, 2.05) is 4.90 Å². The van der Waals surface area contributed by atoms with E-state index in [1.54, 1.807) is 0 Å². The number of nitrogens with two attached hydrogens (primary N) is 1. The van der Waals surface area contributed by atoms with E-state index < -0.39 is 5.41 Å².